The van der Waals surface area contributed by atoms with E-state index in [9.17, 15) is 0 Å². The van der Waals surface area contributed by atoms with Crippen molar-refractivity contribution in [1.82, 2.24) is 20.2 Å². The highest BCUT2D eigenvalue weighted by molar-refractivity contribution is 5.64. The molecule has 0 aliphatic heterocycles. The summed E-state index contributed by atoms with van der Waals surface area (Å²) in [5.41, 5.74) is 1.87. The summed E-state index contributed by atoms with van der Waals surface area (Å²) in [6, 6.07) is 11.6. The van der Waals surface area contributed by atoms with Gasteiger partial charge in [-0.3, -0.25) is 4.98 Å². The molecule has 0 saturated carbocycles. The molecule has 0 aliphatic carbocycles. The van der Waals surface area contributed by atoms with Crippen LogP contribution in [0.1, 0.15) is 19.4 Å². The molecule has 3 aromatic rings. The lowest BCUT2D eigenvalue weighted by atomic mass is 10.3. The van der Waals surface area contributed by atoms with E-state index in [4.69, 9.17) is 4.74 Å². The molecule has 0 unspecified atom stereocenters. The molecular weight excluding hydrogens is 316 g/mol. The molecule has 0 radical (unpaired) electrons. The van der Waals surface area contributed by atoms with Crippen molar-refractivity contribution in [2.45, 2.75) is 26.5 Å². The molecule has 0 atom stereocenters. The van der Waals surface area contributed by atoms with Crippen molar-refractivity contribution in [3.8, 4) is 5.75 Å². The van der Waals surface area contributed by atoms with Crippen molar-refractivity contribution in [2.24, 2.45) is 0 Å². The van der Waals surface area contributed by atoms with Gasteiger partial charge in [0, 0.05) is 18.9 Å². The van der Waals surface area contributed by atoms with Crippen LogP contribution in [-0.2, 0) is 6.54 Å². The van der Waals surface area contributed by atoms with Gasteiger partial charge in [-0.1, -0.05) is 18.2 Å². The average Bonchev–Trinajstić information content (AvgIpc) is 2.62. The van der Waals surface area contributed by atoms with Gasteiger partial charge >= 0.3 is 0 Å². The van der Waals surface area contributed by atoms with Gasteiger partial charge in [0.25, 0.3) is 0 Å². The smallest absolute Gasteiger partial charge is 0.244 e. The molecule has 25 heavy (non-hydrogen) atoms. The van der Waals surface area contributed by atoms with Gasteiger partial charge in [0.05, 0.1) is 18.0 Å². The third kappa shape index (κ3) is 4.87. The number of aromatic nitrogens is 4. The predicted octanol–water partition coefficient (Wildman–Crippen LogP) is 3.41. The number of pyridine rings is 1. The Morgan fingerprint density at radius 1 is 1.08 bits per heavy atom. The van der Waals surface area contributed by atoms with E-state index >= 15 is 0 Å². The van der Waals surface area contributed by atoms with Gasteiger partial charge in [-0.05, 0) is 37.6 Å². The van der Waals surface area contributed by atoms with E-state index in [1.807, 2.05) is 50.2 Å². The number of para-hydroxylation sites is 2. The van der Waals surface area contributed by atoms with Crippen LogP contribution in [0.5, 0.6) is 5.75 Å². The first-order valence-electron chi connectivity index (χ1n) is 8.06. The Morgan fingerprint density at radius 3 is 2.76 bits per heavy atom. The monoisotopic (exact) mass is 336 g/mol. The summed E-state index contributed by atoms with van der Waals surface area (Å²) in [6.07, 6.45) is 5.19. The van der Waals surface area contributed by atoms with E-state index in [1.54, 1.807) is 18.6 Å². The molecule has 1 aromatic carbocycles. The summed E-state index contributed by atoms with van der Waals surface area (Å²) in [5.74, 6) is 1.79. The van der Waals surface area contributed by atoms with Crippen LogP contribution in [0.15, 0.2) is 55.0 Å². The molecule has 2 aromatic heterocycles. The Kier molecular flexibility index (Phi) is 5.36. The van der Waals surface area contributed by atoms with E-state index in [0.29, 0.717) is 18.3 Å². The Balaban J connectivity index is 1.70. The van der Waals surface area contributed by atoms with Crippen LogP contribution in [-0.4, -0.2) is 26.3 Å². The minimum absolute atomic E-state index is 0.0863. The van der Waals surface area contributed by atoms with Crippen LogP contribution < -0.4 is 15.4 Å². The lowest BCUT2D eigenvalue weighted by Crippen LogP contribution is -2.09. The standard InChI is InChI=1S/C18H20N6O/c1-13(2)25-16-8-4-3-7-15(16)22-17-12-21-24-18(23-17)20-11-14-6-5-9-19-10-14/h3-10,12-13H,11H2,1-2H3,(H2,20,22,23,24). The van der Waals surface area contributed by atoms with Crippen molar-refractivity contribution < 1.29 is 4.74 Å². The first-order chi connectivity index (χ1) is 12.2. The molecule has 3 rings (SSSR count). The Bertz CT molecular complexity index is 809. The van der Waals surface area contributed by atoms with Crippen molar-refractivity contribution in [1.29, 1.82) is 0 Å². The summed E-state index contributed by atoms with van der Waals surface area (Å²) in [4.78, 5) is 8.51. The van der Waals surface area contributed by atoms with E-state index in [2.05, 4.69) is 30.8 Å². The van der Waals surface area contributed by atoms with Gasteiger partial charge in [-0.25, -0.2) is 0 Å². The van der Waals surface area contributed by atoms with Crippen LogP contribution in [0.25, 0.3) is 0 Å². The number of anilines is 3. The number of rotatable bonds is 7. The lowest BCUT2D eigenvalue weighted by molar-refractivity contribution is 0.244. The molecule has 0 bridgehead atoms. The van der Waals surface area contributed by atoms with Crippen molar-refractivity contribution in [3.05, 3.63) is 60.6 Å². The summed E-state index contributed by atoms with van der Waals surface area (Å²) in [6.45, 7) is 4.55. The highest BCUT2D eigenvalue weighted by atomic mass is 16.5. The van der Waals surface area contributed by atoms with E-state index in [1.165, 1.54) is 0 Å². The number of hydrogen-bond acceptors (Lipinski definition) is 7. The zero-order valence-electron chi connectivity index (χ0n) is 14.2. The molecule has 128 valence electrons. The number of nitrogens with zero attached hydrogens (tertiary/aromatic N) is 4. The second-order valence-corrected chi connectivity index (χ2v) is 5.67. The fraction of sp³-hybridized carbons (Fsp3) is 0.222. The van der Waals surface area contributed by atoms with Crippen LogP contribution in [0.3, 0.4) is 0 Å². The quantitative estimate of drug-likeness (QED) is 0.684. The number of ether oxygens (including phenoxy) is 1. The van der Waals surface area contributed by atoms with Gasteiger partial charge in [-0.15, -0.1) is 5.10 Å². The first-order valence-corrected chi connectivity index (χ1v) is 8.06. The summed E-state index contributed by atoms with van der Waals surface area (Å²) < 4.78 is 5.80. The van der Waals surface area contributed by atoms with E-state index < -0.39 is 0 Å². The van der Waals surface area contributed by atoms with Crippen molar-refractivity contribution >= 4 is 17.5 Å². The van der Waals surface area contributed by atoms with Crippen LogP contribution in [0.2, 0.25) is 0 Å². The fourth-order valence-electron chi connectivity index (χ4n) is 2.19. The largest absolute Gasteiger partial charge is 0.489 e. The average molecular weight is 336 g/mol. The first kappa shape index (κ1) is 16.6. The number of hydrogen-bond donors (Lipinski definition) is 2. The second-order valence-electron chi connectivity index (χ2n) is 5.67. The van der Waals surface area contributed by atoms with Crippen molar-refractivity contribution in [3.63, 3.8) is 0 Å². The minimum atomic E-state index is 0.0863. The normalized spacial score (nSPS) is 10.5. The van der Waals surface area contributed by atoms with E-state index in [-0.39, 0.29) is 6.10 Å². The van der Waals surface area contributed by atoms with Gasteiger partial charge in [0.15, 0.2) is 5.82 Å². The highest BCUT2D eigenvalue weighted by Crippen LogP contribution is 2.27. The minimum Gasteiger partial charge on any atom is -0.489 e. The Labute approximate surface area is 146 Å². The van der Waals surface area contributed by atoms with Gasteiger partial charge in [0.1, 0.15) is 5.75 Å². The fourth-order valence-corrected chi connectivity index (χ4v) is 2.19. The van der Waals surface area contributed by atoms with Gasteiger partial charge < -0.3 is 15.4 Å². The van der Waals surface area contributed by atoms with Gasteiger partial charge in [-0.2, -0.15) is 10.1 Å². The van der Waals surface area contributed by atoms with Crippen LogP contribution in [0, 0.1) is 0 Å². The third-order valence-corrected chi connectivity index (χ3v) is 3.24. The summed E-state index contributed by atoms with van der Waals surface area (Å²) in [7, 11) is 0. The summed E-state index contributed by atoms with van der Waals surface area (Å²) >= 11 is 0. The van der Waals surface area contributed by atoms with Crippen LogP contribution >= 0.6 is 0 Å². The SMILES string of the molecule is CC(C)Oc1ccccc1Nc1cnnc(NCc2cccnc2)n1. The highest BCUT2D eigenvalue weighted by Gasteiger charge is 2.07. The predicted molar refractivity (Wildman–Crippen MR) is 96.9 cm³/mol. The number of nitrogens with one attached hydrogen (secondary N) is 2. The molecule has 0 amide bonds. The lowest BCUT2D eigenvalue weighted by Gasteiger charge is -2.15. The van der Waals surface area contributed by atoms with Crippen molar-refractivity contribution in [2.75, 3.05) is 10.6 Å². The number of benzene rings is 1. The topological polar surface area (TPSA) is 84.9 Å². The zero-order valence-corrected chi connectivity index (χ0v) is 14.2. The molecule has 7 nitrogen and oxygen atoms in total. The summed E-state index contributed by atoms with van der Waals surface area (Å²) in [5, 5.41) is 14.4. The Morgan fingerprint density at radius 2 is 1.96 bits per heavy atom. The van der Waals surface area contributed by atoms with Crippen LogP contribution in [0.4, 0.5) is 17.5 Å². The molecule has 2 N–H and O–H groups in total. The van der Waals surface area contributed by atoms with E-state index in [0.717, 1.165) is 17.0 Å². The maximum atomic E-state index is 5.80. The third-order valence-electron chi connectivity index (χ3n) is 3.24. The maximum Gasteiger partial charge on any atom is 0.244 e. The molecule has 0 fully saturated rings. The zero-order chi connectivity index (χ0) is 17.5. The maximum absolute atomic E-state index is 5.80. The Hall–Kier alpha value is -3.22. The molecule has 7 heteroatoms. The molecule has 0 spiro atoms. The molecular formula is C18H20N6O. The molecule has 2 heterocycles. The second kappa shape index (κ2) is 8.05. The molecule has 0 aliphatic rings. The van der Waals surface area contributed by atoms with Gasteiger partial charge in [0.2, 0.25) is 5.95 Å². The molecule has 0 saturated heterocycles.